The highest BCUT2D eigenvalue weighted by atomic mass is 16.4. The Bertz CT molecular complexity index is 780. The third-order valence-corrected chi connectivity index (χ3v) is 4.80. The average Bonchev–Trinajstić information content (AvgIpc) is 3.17. The van der Waals surface area contributed by atoms with Crippen LogP contribution in [0.2, 0.25) is 0 Å². The Labute approximate surface area is 153 Å². The Morgan fingerprint density at radius 1 is 1.08 bits per heavy atom. The normalized spacial score (nSPS) is 14.9. The number of aromatic carboxylic acids is 1. The fourth-order valence-corrected chi connectivity index (χ4v) is 3.54. The zero-order chi connectivity index (χ0) is 18.5. The van der Waals surface area contributed by atoms with E-state index in [4.69, 9.17) is 5.11 Å². The number of amides is 1. The third-order valence-electron chi connectivity index (χ3n) is 4.80. The molecular weight excluding hydrogens is 328 g/mol. The molecule has 2 aromatic rings. The summed E-state index contributed by atoms with van der Waals surface area (Å²) in [5, 5.41) is 12.1. The van der Waals surface area contributed by atoms with Crippen molar-refractivity contribution < 1.29 is 14.7 Å². The molecule has 0 radical (unpaired) electrons. The van der Waals surface area contributed by atoms with Crippen LogP contribution < -0.4 is 10.2 Å². The monoisotopic (exact) mass is 352 g/mol. The Morgan fingerprint density at radius 2 is 1.73 bits per heavy atom. The summed E-state index contributed by atoms with van der Waals surface area (Å²) in [7, 11) is 0. The number of benzene rings is 2. The van der Waals surface area contributed by atoms with Gasteiger partial charge in [-0.3, -0.25) is 4.79 Å². The molecule has 1 atom stereocenters. The van der Waals surface area contributed by atoms with Crippen LogP contribution in [-0.2, 0) is 4.79 Å². The van der Waals surface area contributed by atoms with E-state index in [-0.39, 0.29) is 11.5 Å². The van der Waals surface area contributed by atoms with Crippen LogP contribution in [-0.4, -0.2) is 36.6 Å². The van der Waals surface area contributed by atoms with Crippen molar-refractivity contribution in [2.45, 2.75) is 25.7 Å². The van der Waals surface area contributed by atoms with Gasteiger partial charge in [-0.1, -0.05) is 30.3 Å². The summed E-state index contributed by atoms with van der Waals surface area (Å²) < 4.78 is 0. The van der Waals surface area contributed by atoms with Crippen LogP contribution in [0.5, 0.6) is 0 Å². The van der Waals surface area contributed by atoms with E-state index in [0.29, 0.717) is 6.54 Å². The van der Waals surface area contributed by atoms with E-state index in [1.54, 1.807) is 24.3 Å². The predicted octanol–water partition coefficient (Wildman–Crippen LogP) is 3.25. The third kappa shape index (κ3) is 3.72. The number of carboxylic acid groups (broad SMARTS) is 1. The molecular formula is C21H24N2O3. The molecule has 1 aliphatic heterocycles. The SMILES string of the molecule is CCNC(=O)C(c1ccc(C(=O)O)cc1)c1ccccc1N1CCCC1. The second-order valence-electron chi connectivity index (χ2n) is 6.51. The number of rotatable bonds is 6. The molecule has 2 N–H and O–H groups in total. The molecule has 1 aliphatic rings. The first-order valence-corrected chi connectivity index (χ1v) is 9.06. The molecule has 1 amide bonds. The van der Waals surface area contributed by atoms with E-state index in [1.807, 2.05) is 25.1 Å². The summed E-state index contributed by atoms with van der Waals surface area (Å²) in [6.45, 7) is 4.44. The molecule has 0 saturated carbocycles. The maximum atomic E-state index is 12.9. The lowest BCUT2D eigenvalue weighted by atomic mass is 9.88. The van der Waals surface area contributed by atoms with Crippen molar-refractivity contribution in [2.24, 2.45) is 0 Å². The molecule has 1 saturated heterocycles. The summed E-state index contributed by atoms with van der Waals surface area (Å²) in [6.07, 6.45) is 2.32. The van der Waals surface area contributed by atoms with E-state index >= 15 is 0 Å². The minimum Gasteiger partial charge on any atom is -0.478 e. The second-order valence-corrected chi connectivity index (χ2v) is 6.51. The van der Waals surface area contributed by atoms with Crippen molar-refractivity contribution in [1.29, 1.82) is 0 Å². The number of carboxylic acids is 1. The molecule has 2 aromatic carbocycles. The van der Waals surface area contributed by atoms with Gasteiger partial charge in [0.2, 0.25) is 5.91 Å². The molecule has 3 rings (SSSR count). The quantitative estimate of drug-likeness (QED) is 0.837. The summed E-state index contributed by atoms with van der Waals surface area (Å²) in [6, 6.07) is 14.6. The van der Waals surface area contributed by atoms with Crippen molar-refractivity contribution >= 4 is 17.6 Å². The molecule has 5 nitrogen and oxygen atoms in total. The smallest absolute Gasteiger partial charge is 0.335 e. The number of nitrogens with zero attached hydrogens (tertiary/aromatic N) is 1. The largest absolute Gasteiger partial charge is 0.478 e. The fourth-order valence-electron chi connectivity index (χ4n) is 3.54. The lowest BCUT2D eigenvalue weighted by molar-refractivity contribution is -0.121. The molecule has 0 aromatic heterocycles. The molecule has 5 heteroatoms. The molecule has 1 heterocycles. The zero-order valence-corrected chi connectivity index (χ0v) is 14.9. The first-order chi connectivity index (χ1) is 12.6. The van der Waals surface area contributed by atoms with E-state index in [2.05, 4.69) is 16.3 Å². The Kier molecular flexibility index (Phi) is 5.56. The minimum absolute atomic E-state index is 0.0674. The Hall–Kier alpha value is -2.82. The number of hydrogen-bond acceptors (Lipinski definition) is 3. The predicted molar refractivity (Wildman–Crippen MR) is 102 cm³/mol. The lowest BCUT2D eigenvalue weighted by Crippen LogP contribution is -2.31. The number of para-hydroxylation sites is 1. The van der Waals surface area contributed by atoms with Gasteiger partial charge < -0.3 is 15.3 Å². The Morgan fingerprint density at radius 3 is 2.35 bits per heavy atom. The van der Waals surface area contributed by atoms with Crippen molar-refractivity contribution in [1.82, 2.24) is 5.32 Å². The number of likely N-dealkylation sites (N-methyl/N-ethyl adjacent to an activating group) is 1. The van der Waals surface area contributed by atoms with Crippen LogP contribution >= 0.6 is 0 Å². The number of carbonyl (C=O) groups excluding carboxylic acids is 1. The van der Waals surface area contributed by atoms with Crippen LogP contribution in [0.25, 0.3) is 0 Å². The number of anilines is 1. The second kappa shape index (κ2) is 8.04. The molecule has 1 unspecified atom stereocenters. The number of hydrogen-bond donors (Lipinski definition) is 2. The van der Waals surface area contributed by atoms with E-state index in [1.165, 1.54) is 0 Å². The topological polar surface area (TPSA) is 69.6 Å². The van der Waals surface area contributed by atoms with Crippen LogP contribution in [0, 0.1) is 0 Å². The first-order valence-electron chi connectivity index (χ1n) is 9.06. The van der Waals surface area contributed by atoms with E-state index in [9.17, 15) is 9.59 Å². The van der Waals surface area contributed by atoms with Gasteiger partial charge in [-0.25, -0.2) is 4.79 Å². The molecule has 136 valence electrons. The standard InChI is InChI=1S/C21H24N2O3/c1-2-22-20(24)19(15-9-11-16(12-10-15)21(25)26)17-7-3-4-8-18(17)23-13-5-6-14-23/h3-4,7-12,19H,2,5-6,13-14H2,1H3,(H,22,24)(H,25,26). The van der Waals surface area contributed by atoms with Crippen molar-refractivity contribution in [2.75, 3.05) is 24.5 Å². The number of carbonyl (C=O) groups is 2. The highest BCUT2D eigenvalue weighted by molar-refractivity contribution is 5.90. The van der Waals surface area contributed by atoms with Gasteiger partial charge in [0.05, 0.1) is 11.5 Å². The highest BCUT2D eigenvalue weighted by Gasteiger charge is 2.27. The van der Waals surface area contributed by atoms with Crippen molar-refractivity contribution in [3.05, 3.63) is 65.2 Å². The van der Waals surface area contributed by atoms with Crippen LogP contribution in [0.1, 0.15) is 47.2 Å². The van der Waals surface area contributed by atoms with Gasteiger partial charge in [0.15, 0.2) is 0 Å². The van der Waals surface area contributed by atoms with Gasteiger partial charge in [-0.2, -0.15) is 0 Å². The Balaban J connectivity index is 2.04. The van der Waals surface area contributed by atoms with Gasteiger partial charge in [-0.05, 0) is 49.1 Å². The molecule has 1 fully saturated rings. The van der Waals surface area contributed by atoms with E-state index in [0.717, 1.165) is 42.7 Å². The van der Waals surface area contributed by atoms with Crippen molar-refractivity contribution in [3.8, 4) is 0 Å². The maximum Gasteiger partial charge on any atom is 0.335 e. The summed E-state index contributed by atoms with van der Waals surface area (Å²) in [5.74, 6) is -1.50. The van der Waals surface area contributed by atoms with Gasteiger partial charge in [-0.15, -0.1) is 0 Å². The van der Waals surface area contributed by atoms with Crippen molar-refractivity contribution in [3.63, 3.8) is 0 Å². The van der Waals surface area contributed by atoms with Crippen LogP contribution in [0.15, 0.2) is 48.5 Å². The molecule has 0 spiro atoms. The number of nitrogens with one attached hydrogen (secondary N) is 1. The van der Waals surface area contributed by atoms with E-state index < -0.39 is 11.9 Å². The van der Waals surface area contributed by atoms with Gasteiger partial charge in [0, 0.05) is 25.3 Å². The summed E-state index contributed by atoms with van der Waals surface area (Å²) in [4.78, 5) is 26.3. The first kappa shape index (κ1) is 18.0. The molecule has 0 bridgehead atoms. The van der Waals surface area contributed by atoms with Gasteiger partial charge >= 0.3 is 5.97 Å². The van der Waals surface area contributed by atoms with Crippen LogP contribution in [0.4, 0.5) is 5.69 Å². The maximum absolute atomic E-state index is 12.9. The minimum atomic E-state index is -0.969. The molecule has 26 heavy (non-hydrogen) atoms. The summed E-state index contributed by atoms with van der Waals surface area (Å²) >= 11 is 0. The highest BCUT2D eigenvalue weighted by Crippen LogP contribution is 2.34. The summed E-state index contributed by atoms with van der Waals surface area (Å²) in [5.41, 5.74) is 3.07. The van der Waals surface area contributed by atoms with Gasteiger partial charge in [0.1, 0.15) is 0 Å². The lowest BCUT2D eigenvalue weighted by Gasteiger charge is -2.26. The van der Waals surface area contributed by atoms with Gasteiger partial charge in [0.25, 0.3) is 0 Å². The zero-order valence-electron chi connectivity index (χ0n) is 14.9. The fraction of sp³-hybridized carbons (Fsp3) is 0.333. The van der Waals surface area contributed by atoms with Crippen LogP contribution in [0.3, 0.4) is 0 Å². The average molecular weight is 352 g/mol. The molecule has 0 aliphatic carbocycles.